The highest BCUT2D eigenvalue weighted by Crippen LogP contribution is 2.29. The van der Waals surface area contributed by atoms with Gasteiger partial charge in [-0.25, -0.2) is 4.39 Å². The SMILES string of the molecule is NC1=NC(=O)/C(=C\c2ccccc2OCc2ccc(F)cc2)S1. The molecule has 0 unspecified atom stereocenters. The first-order valence-corrected chi connectivity index (χ1v) is 7.68. The van der Waals surface area contributed by atoms with Crippen LogP contribution in [-0.2, 0) is 11.4 Å². The number of thioether (sulfide) groups is 1. The molecule has 2 aromatic rings. The van der Waals surface area contributed by atoms with Crippen LogP contribution in [0.2, 0.25) is 0 Å². The van der Waals surface area contributed by atoms with Crippen molar-refractivity contribution in [2.75, 3.05) is 0 Å². The van der Waals surface area contributed by atoms with Crippen LogP contribution in [0.3, 0.4) is 0 Å². The van der Waals surface area contributed by atoms with Crippen molar-refractivity contribution in [1.29, 1.82) is 0 Å². The summed E-state index contributed by atoms with van der Waals surface area (Å²) in [5, 5.41) is 0.242. The number of nitrogens with two attached hydrogens (primary N) is 1. The molecule has 0 radical (unpaired) electrons. The zero-order valence-corrected chi connectivity index (χ0v) is 12.8. The molecule has 0 atom stereocenters. The van der Waals surface area contributed by atoms with Gasteiger partial charge < -0.3 is 10.5 Å². The number of carbonyl (C=O) groups is 1. The summed E-state index contributed by atoms with van der Waals surface area (Å²) in [4.78, 5) is 15.8. The van der Waals surface area contributed by atoms with Crippen LogP contribution in [0.1, 0.15) is 11.1 Å². The molecule has 0 saturated carbocycles. The molecule has 0 spiro atoms. The molecule has 3 rings (SSSR count). The van der Waals surface area contributed by atoms with Crippen LogP contribution in [0.5, 0.6) is 5.75 Å². The molecule has 0 aliphatic carbocycles. The average Bonchev–Trinajstić information content (AvgIpc) is 2.86. The maximum Gasteiger partial charge on any atom is 0.286 e. The number of hydrogen-bond acceptors (Lipinski definition) is 4. The predicted molar refractivity (Wildman–Crippen MR) is 89.4 cm³/mol. The number of amidine groups is 1. The van der Waals surface area contributed by atoms with Crippen molar-refractivity contribution in [2.24, 2.45) is 10.7 Å². The molecule has 1 amide bonds. The van der Waals surface area contributed by atoms with E-state index in [4.69, 9.17) is 10.5 Å². The zero-order valence-electron chi connectivity index (χ0n) is 12.0. The van der Waals surface area contributed by atoms with Gasteiger partial charge >= 0.3 is 0 Å². The summed E-state index contributed by atoms with van der Waals surface area (Å²) < 4.78 is 18.7. The fourth-order valence-corrected chi connectivity index (χ4v) is 2.71. The number of rotatable bonds is 4. The molecule has 0 aromatic heterocycles. The van der Waals surface area contributed by atoms with Crippen molar-refractivity contribution in [2.45, 2.75) is 6.61 Å². The van der Waals surface area contributed by atoms with Crippen LogP contribution in [0.25, 0.3) is 6.08 Å². The van der Waals surface area contributed by atoms with Crippen LogP contribution in [-0.4, -0.2) is 11.1 Å². The lowest BCUT2D eigenvalue weighted by Crippen LogP contribution is -2.01. The highest BCUT2D eigenvalue weighted by molar-refractivity contribution is 8.18. The fraction of sp³-hybridized carbons (Fsp3) is 0.0588. The third-order valence-corrected chi connectivity index (χ3v) is 3.96. The number of para-hydroxylation sites is 1. The Balaban J connectivity index is 1.77. The standard InChI is InChI=1S/C17H13FN2O2S/c18-13-7-5-11(6-8-13)10-22-14-4-2-1-3-12(14)9-15-16(21)20-17(19)23-15/h1-9H,10H2,(H2,19,20,21)/b15-9+. The van der Waals surface area contributed by atoms with Crippen molar-refractivity contribution < 1.29 is 13.9 Å². The molecule has 0 bridgehead atoms. The Morgan fingerprint density at radius 1 is 1.17 bits per heavy atom. The van der Waals surface area contributed by atoms with E-state index >= 15 is 0 Å². The Morgan fingerprint density at radius 2 is 1.91 bits per heavy atom. The summed E-state index contributed by atoms with van der Waals surface area (Å²) in [6.45, 7) is 0.306. The molecule has 2 N–H and O–H groups in total. The second-order valence-electron chi connectivity index (χ2n) is 4.82. The third-order valence-electron chi connectivity index (χ3n) is 3.15. The number of nitrogens with zero attached hydrogens (tertiary/aromatic N) is 1. The first-order chi connectivity index (χ1) is 11.1. The summed E-state index contributed by atoms with van der Waals surface area (Å²) in [6.07, 6.45) is 1.70. The lowest BCUT2D eigenvalue weighted by atomic mass is 10.2. The Hall–Kier alpha value is -2.60. The number of ether oxygens (including phenoxy) is 1. The van der Waals surface area contributed by atoms with Gasteiger partial charge in [0, 0.05) is 5.56 Å². The van der Waals surface area contributed by atoms with E-state index in [1.807, 2.05) is 24.3 Å². The smallest absolute Gasteiger partial charge is 0.286 e. The molecule has 116 valence electrons. The van der Waals surface area contributed by atoms with Crippen molar-refractivity contribution >= 4 is 28.9 Å². The maximum atomic E-state index is 12.9. The molecule has 1 aliphatic heterocycles. The number of aliphatic imine (C=N–C) groups is 1. The van der Waals surface area contributed by atoms with Crippen molar-refractivity contribution in [3.8, 4) is 5.75 Å². The summed E-state index contributed by atoms with van der Waals surface area (Å²) in [5.74, 6) is -0.00252. The number of amides is 1. The highest BCUT2D eigenvalue weighted by atomic mass is 32.2. The van der Waals surface area contributed by atoms with E-state index in [0.29, 0.717) is 17.3 Å². The molecule has 4 nitrogen and oxygen atoms in total. The van der Waals surface area contributed by atoms with E-state index in [1.54, 1.807) is 18.2 Å². The van der Waals surface area contributed by atoms with Crippen LogP contribution in [0.4, 0.5) is 4.39 Å². The Bertz CT molecular complexity index is 800. The topological polar surface area (TPSA) is 64.7 Å². The van der Waals surface area contributed by atoms with Crippen LogP contribution < -0.4 is 10.5 Å². The van der Waals surface area contributed by atoms with Crippen LogP contribution in [0.15, 0.2) is 58.4 Å². The lowest BCUT2D eigenvalue weighted by Gasteiger charge is -2.09. The van der Waals surface area contributed by atoms with Crippen molar-refractivity contribution in [3.05, 3.63) is 70.4 Å². The Labute approximate surface area is 136 Å². The summed E-state index contributed by atoms with van der Waals surface area (Å²) >= 11 is 1.14. The predicted octanol–water partition coefficient (Wildman–Crippen LogP) is 3.33. The van der Waals surface area contributed by atoms with Crippen molar-refractivity contribution in [1.82, 2.24) is 0 Å². The number of halogens is 1. The lowest BCUT2D eigenvalue weighted by molar-refractivity contribution is -0.113. The van der Waals surface area contributed by atoms with E-state index < -0.39 is 0 Å². The maximum absolute atomic E-state index is 12.9. The molecule has 23 heavy (non-hydrogen) atoms. The zero-order chi connectivity index (χ0) is 16.2. The Morgan fingerprint density at radius 3 is 2.61 bits per heavy atom. The minimum atomic E-state index is -0.346. The van der Waals surface area contributed by atoms with Gasteiger partial charge in [0.2, 0.25) is 0 Å². The van der Waals surface area contributed by atoms with Gasteiger partial charge in [-0.3, -0.25) is 4.79 Å². The van der Waals surface area contributed by atoms with Gasteiger partial charge in [0.15, 0.2) is 5.17 Å². The van der Waals surface area contributed by atoms with E-state index in [-0.39, 0.29) is 16.9 Å². The molecular formula is C17H13FN2O2S. The summed E-state index contributed by atoms with van der Waals surface area (Å²) in [7, 11) is 0. The molecule has 1 heterocycles. The van der Waals surface area contributed by atoms with Gasteiger partial charge in [-0.2, -0.15) is 4.99 Å². The molecule has 6 heteroatoms. The molecule has 2 aromatic carbocycles. The first-order valence-electron chi connectivity index (χ1n) is 6.86. The average molecular weight is 328 g/mol. The second-order valence-corrected chi connectivity index (χ2v) is 5.88. The molecule has 1 aliphatic rings. The third kappa shape index (κ3) is 3.78. The van der Waals surface area contributed by atoms with Gasteiger partial charge in [0.25, 0.3) is 5.91 Å². The second kappa shape index (κ2) is 6.66. The van der Waals surface area contributed by atoms with Crippen LogP contribution >= 0.6 is 11.8 Å². The van der Waals surface area contributed by atoms with Gasteiger partial charge in [0.1, 0.15) is 18.2 Å². The molecule has 0 saturated heterocycles. The highest BCUT2D eigenvalue weighted by Gasteiger charge is 2.20. The van der Waals surface area contributed by atoms with E-state index in [9.17, 15) is 9.18 Å². The van der Waals surface area contributed by atoms with Crippen molar-refractivity contribution in [3.63, 3.8) is 0 Å². The largest absolute Gasteiger partial charge is 0.488 e. The number of benzene rings is 2. The minimum Gasteiger partial charge on any atom is -0.488 e. The normalized spacial score (nSPS) is 15.8. The minimum absolute atomic E-state index is 0.242. The fourth-order valence-electron chi connectivity index (χ4n) is 2.04. The molecular weight excluding hydrogens is 315 g/mol. The number of hydrogen-bond donors (Lipinski definition) is 1. The van der Waals surface area contributed by atoms with Gasteiger partial charge in [-0.1, -0.05) is 30.3 Å². The van der Waals surface area contributed by atoms with Gasteiger partial charge in [-0.15, -0.1) is 0 Å². The van der Waals surface area contributed by atoms with Crippen LogP contribution in [0, 0.1) is 5.82 Å². The van der Waals surface area contributed by atoms with E-state index in [2.05, 4.69) is 4.99 Å². The number of carbonyl (C=O) groups excluding carboxylic acids is 1. The Kier molecular flexibility index (Phi) is 4.43. The summed E-state index contributed by atoms with van der Waals surface area (Å²) in [6, 6.07) is 13.5. The van der Waals surface area contributed by atoms with Gasteiger partial charge in [-0.05, 0) is 41.6 Å². The van der Waals surface area contributed by atoms with E-state index in [0.717, 1.165) is 22.9 Å². The molecule has 0 fully saturated rings. The quantitative estimate of drug-likeness (QED) is 0.874. The first kappa shape index (κ1) is 15.3. The van der Waals surface area contributed by atoms with E-state index in [1.165, 1.54) is 12.1 Å². The summed E-state index contributed by atoms with van der Waals surface area (Å²) in [5.41, 5.74) is 7.16. The monoisotopic (exact) mass is 328 g/mol. The van der Waals surface area contributed by atoms with Gasteiger partial charge in [0.05, 0.1) is 4.91 Å².